The number of fused-ring (bicyclic) bond motifs is 1. The number of nitrogens with zero attached hydrogens (tertiary/aromatic N) is 2. The summed E-state index contributed by atoms with van der Waals surface area (Å²) in [5.41, 5.74) is 6.89. The van der Waals surface area contributed by atoms with Crippen molar-refractivity contribution >= 4 is 23.2 Å². The van der Waals surface area contributed by atoms with E-state index in [1.807, 2.05) is 67.6 Å². The van der Waals surface area contributed by atoms with Crippen LogP contribution in [0.4, 0.5) is 0 Å². The van der Waals surface area contributed by atoms with Crippen LogP contribution in [0, 0.1) is 6.92 Å². The number of rotatable bonds is 8. The number of aryl methyl sites for hydroxylation is 2. The van der Waals surface area contributed by atoms with E-state index in [-0.39, 0.29) is 24.3 Å². The number of aromatic amines is 1. The number of hydrogen-bond donors (Lipinski definition) is 2. The molecule has 166 valence electrons. The highest BCUT2D eigenvalue weighted by atomic mass is 16.5. The molecule has 0 atom stereocenters. The first-order chi connectivity index (χ1) is 16.1. The molecule has 1 aromatic heterocycles. The molecule has 3 aromatic carbocycles. The first kappa shape index (κ1) is 22.0. The normalized spacial score (nSPS) is 11.1. The predicted octanol–water partition coefficient (Wildman–Crippen LogP) is 3.89. The van der Waals surface area contributed by atoms with Crippen molar-refractivity contribution in [3.8, 4) is 5.75 Å². The SMILES string of the molecule is Cc1cccc(COc2ccccc2/C=N/NC(=O)CCc2nc3ccccc3[nH]c2=O)c1. The molecule has 0 bridgehead atoms. The van der Waals surface area contributed by atoms with Crippen molar-refractivity contribution in [2.45, 2.75) is 26.4 Å². The third-order valence-electron chi connectivity index (χ3n) is 5.05. The Morgan fingerprint density at radius 1 is 1.09 bits per heavy atom. The van der Waals surface area contributed by atoms with Gasteiger partial charge in [0.15, 0.2) is 0 Å². The highest BCUT2D eigenvalue weighted by molar-refractivity contribution is 5.85. The van der Waals surface area contributed by atoms with Gasteiger partial charge in [-0.05, 0) is 36.8 Å². The van der Waals surface area contributed by atoms with Crippen LogP contribution in [0.5, 0.6) is 5.75 Å². The van der Waals surface area contributed by atoms with Gasteiger partial charge < -0.3 is 9.72 Å². The van der Waals surface area contributed by atoms with Crippen LogP contribution >= 0.6 is 0 Å². The fourth-order valence-electron chi connectivity index (χ4n) is 3.38. The summed E-state index contributed by atoms with van der Waals surface area (Å²) in [6.07, 6.45) is 1.86. The van der Waals surface area contributed by atoms with Gasteiger partial charge in [0.05, 0.1) is 17.2 Å². The molecule has 0 saturated carbocycles. The lowest BCUT2D eigenvalue weighted by atomic mass is 10.1. The third-order valence-corrected chi connectivity index (χ3v) is 5.05. The van der Waals surface area contributed by atoms with Crippen molar-refractivity contribution < 1.29 is 9.53 Å². The molecule has 4 rings (SSSR count). The van der Waals surface area contributed by atoms with Gasteiger partial charge in [-0.2, -0.15) is 5.10 Å². The molecule has 0 spiro atoms. The lowest BCUT2D eigenvalue weighted by Gasteiger charge is -2.09. The number of carbonyl (C=O) groups is 1. The Morgan fingerprint density at radius 2 is 1.91 bits per heavy atom. The van der Waals surface area contributed by atoms with Crippen LogP contribution in [-0.4, -0.2) is 22.1 Å². The van der Waals surface area contributed by atoms with Crippen LogP contribution < -0.4 is 15.7 Å². The summed E-state index contributed by atoms with van der Waals surface area (Å²) in [5.74, 6) is 0.364. The van der Waals surface area contributed by atoms with E-state index in [0.717, 1.165) is 11.1 Å². The van der Waals surface area contributed by atoms with Crippen molar-refractivity contribution in [3.05, 3.63) is 106 Å². The predicted molar refractivity (Wildman–Crippen MR) is 128 cm³/mol. The fraction of sp³-hybridized carbons (Fsp3) is 0.154. The van der Waals surface area contributed by atoms with Gasteiger partial charge in [-0.3, -0.25) is 9.59 Å². The van der Waals surface area contributed by atoms with E-state index in [0.29, 0.717) is 29.1 Å². The quantitative estimate of drug-likeness (QED) is 0.321. The molecule has 0 unspecified atom stereocenters. The minimum Gasteiger partial charge on any atom is -0.488 e. The second-order valence-electron chi connectivity index (χ2n) is 7.64. The van der Waals surface area contributed by atoms with E-state index in [2.05, 4.69) is 26.6 Å². The van der Waals surface area contributed by atoms with Crippen molar-refractivity contribution in [1.29, 1.82) is 0 Å². The first-order valence-electron chi connectivity index (χ1n) is 10.7. The number of nitrogens with one attached hydrogen (secondary N) is 2. The molecular formula is C26H24N4O3. The monoisotopic (exact) mass is 440 g/mol. The lowest BCUT2D eigenvalue weighted by Crippen LogP contribution is -2.21. The summed E-state index contributed by atoms with van der Waals surface area (Å²) in [7, 11) is 0. The Labute approximate surface area is 191 Å². The van der Waals surface area contributed by atoms with E-state index in [4.69, 9.17) is 4.74 Å². The molecule has 1 amide bonds. The first-order valence-corrected chi connectivity index (χ1v) is 10.7. The van der Waals surface area contributed by atoms with Gasteiger partial charge in [-0.15, -0.1) is 0 Å². The summed E-state index contributed by atoms with van der Waals surface area (Å²) in [6.45, 7) is 2.48. The largest absolute Gasteiger partial charge is 0.488 e. The summed E-state index contributed by atoms with van der Waals surface area (Å²) in [5, 5.41) is 4.05. The van der Waals surface area contributed by atoms with Crippen molar-refractivity contribution in [2.24, 2.45) is 5.10 Å². The van der Waals surface area contributed by atoms with Crippen LogP contribution in [-0.2, 0) is 17.8 Å². The van der Waals surface area contributed by atoms with Crippen molar-refractivity contribution in [3.63, 3.8) is 0 Å². The number of hydrazone groups is 1. The zero-order valence-electron chi connectivity index (χ0n) is 18.2. The average Bonchev–Trinajstić information content (AvgIpc) is 2.82. The van der Waals surface area contributed by atoms with Gasteiger partial charge in [0.1, 0.15) is 18.1 Å². The van der Waals surface area contributed by atoms with Gasteiger partial charge in [-0.25, -0.2) is 10.4 Å². The maximum Gasteiger partial charge on any atom is 0.270 e. The van der Waals surface area contributed by atoms with Crippen LogP contribution in [0.15, 0.2) is 82.7 Å². The number of H-pyrrole nitrogens is 1. The fourth-order valence-corrected chi connectivity index (χ4v) is 3.38. The number of aromatic nitrogens is 2. The second kappa shape index (κ2) is 10.4. The maximum absolute atomic E-state index is 12.2. The Hall–Kier alpha value is -4.26. The zero-order chi connectivity index (χ0) is 23.0. The summed E-state index contributed by atoms with van der Waals surface area (Å²) in [6, 6.07) is 22.9. The van der Waals surface area contributed by atoms with Crippen LogP contribution in [0.3, 0.4) is 0 Å². The van der Waals surface area contributed by atoms with E-state index in [1.54, 1.807) is 12.3 Å². The van der Waals surface area contributed by atoms with Gasteiger partial charge in [0, 0.05) is 18.4 Å². The van der Waals surface area contributed by atoms with Crippen LogP contribution in [0.1, 0.15) is 28.8 Å². The van der Waals surface area contributed by atoms with Crippen LogP contribution in [0.25, 0.3) is 11.0 Å². The number of ether oxygens (including phenoxy) is 1. The standard InChI is InChI=1S/C26H24N4O3/c1-18-7-6-8-19(15-18)17-33-24-12-5-2-9-20(24)16-27-30-25(31)14-13-23-26(32)29-22-11-4-3-10-21(22)28-23/h2-12,15-16H,13-14,17H2,1H3,(H,29,32)(H,30,31)/b27-16+. The maximum atomic E-state index is 12.2. The molecular weight excluding hydrogens is 416 g/mol. The van der Waals surface area contributed by atoms with E-state index in [1.165, 1.54) is 5.56 Å². The molecule has 7 heteroatoms. The lowest BCUT2D eigenvalue weighted by molar-refractivity contribution is -0.121. The van der Waals surface area contributed by atoms with E-state index in [9.17, 15) is 9.59 Å². The molecule has 4 aromatic rings. The topological polar surface area (TPSA) is 96.4 Å². The minimum absolute atomic E-state index is 0.0945. The van der Waals surface area contributed by atoms with Crippen LogP contribution in [0.2, 0.25) is 0 Å². The summed E-state index contributed by atoms with van der Waals surface area (Å²) < 4.78 is 5.94. The van der Waals surface area contributed by atoms with Crippen molar-refractivity contribution in [2.75, 3.05) is 0 Å². The molecule has 1 heterocycles. The molecule has 33 heavy (non-hydrogen) atoms. The van der Waals surface area contributed by atoms with Gasteiger partial charge in [-0.1, -0.05) is 54.1 Å². The molecule has 7 nitrogen and oxygen atoms in total. The number of benzene rings is 3. The summed E-state index contributed by atoms with van der Waals surface area (Å²) in [4.78, 5) is 31.5. The number of amides is 1. The Kier molecular flexibility index (Phi) is 6.90. The Balaban J connectivity index is 1.33. The van der Waals surface area contributed by atoms with E-state index < -0.39 is 0 Å². The molecule has 0 aliphatic carbocycles. The van der Waals surface area contributed by atoms with Crippen molar-refractivity contribution in [1.82, 2.24) is 15.4 Å². The number of carbonyl (C=O) groups excluding carboxylic acids is 1. The molecule has 2 N–H and O–H groups in total. The smallest absolute Gasteiger partial charge is 0.270 e. The summed E-state index contributed by atoms with van der Waals surface area (Å²) >= 11 is 0. The van der Waals surface area contributed by atoms with Gasteiger partial charge in [0.2, 0.25) is 5.91 Å². The van der Waals surface area contributed by atoms with E-state index >= 15 is 0 Å². The Morgan fingerprint density at radius 3 is 2.79 bits per heavy atom. The second-order valence-corrected chi connectivity index (χ2v) is 7.64. The third kappa shape index (κ3) is 5.92. The number of hydrogen-bond acceptors (Lipinski definition) is 5. The highest BCUT2D eigenvalue weighted by Gasteiger charge is 2.08. The Bertz CT molecular complexity index is 1360. The van der Waals surface area contributed by atoms with Gasteiger partial charge >= 0.3 is 0 Å². The minimum atomic E-state index is -0.307. The number of para-hydroxylation sites is 3. The molecule has 0 fully saturated rings. The molecule has 0 radical (unpaired) electrons. The average molecular weight is 441 g/mol. The highest BCUT2D eigenvalue weighted by Crippen LogP contribution is 2.18. The molecule has 0 aliphatic rings. The van der Waals surface area contributed by atoms with Gasteiger partial charge in [0.25, 0.3) is 5.56 Å². The molecule has 0 aliphatic heterocycles. The zero-order valence-corrected chi connectivity index (χ0v) is 18.2. The molecule has 0 saturated heterocycles.